The van der Waals surface area contributed by atoms with Crippen molar-refractivity contribution in [3.8, 4) is 5.75 Å². The number of carbonyl (C=O) groups excluding carboxylic acids is 1. The van der Waals surface area contributed by atoms with Crippen LogP contribution in [0.1, 0.15) is 35.2 Å². The third kappa shape index (κ3) is 4.40. The molecule has 2 aliphatic heterocycles. The summed E-state index contributed by atoms with van der Waals surface area (Å²) in [6.45, 7) is 2.81. The first-order chi connectivity index (χ1) is 13.3. The highest BCUT2D eigenvalue weighted by Gasteiger charge is 2.20. The van der Waals surface area contributed by atoms with Gasteiger partial charge in [0, 0.05) is 25.3 Å². The second-order valence-corrected chi connectivity index (χ2v) is 7.07. The van der Waals surface area contributed by atoms with Crippen molar-refractivity contribution in [3.63, 3.8) is 0 Å². The minimum Gasteiger partial charge on any atom is -0.491 e. The van der Waals surface area contributed by atoms with Gasteiger partial charge < -0.3 is 14.4 Å². The van der Waals surface area contributed by atoms with E-state index in [9.17, 15) is 4.79 Å². The Hall–Kier alpha value is -2.59. The minimum absolute atomic E-state index is 0.0732. The van der Waals surface area contributed by atoms with Crippen molar-refractivity contribution in [2.75, 3.05) is 26.3 Å². The Bertz CT molecular complexity index is 792. The van der Waals surface area contributed by atoms with Crippen molar-refractivity contribution in [2.45, 2.75) is 25.4 Å². The van der Waals surface area contributed by atoms with Crippen LogP contribution in [0.3, 0.4) is 0 Å². The van der Waals surface area contributed by atoms with Gasteiger partial charge >= 0.3 is 0 Å². The molecule has 0 unspecified atom stereocenters. The monoisotopic (exact) mass is 363 g/mol. The minimum atomic E-state index is 0.0732. The van der Waals surface area contributed by atoms with E-state index in [1.165, 1.54) is 11.1 Å². The molecule has 27 heavy (non-hydrogen) atoms. The average molecular weight is 363 g/mol. The molecule has 2 heterocycles. The van der Waals surface area contributed by atoms with Gasteiger partial charge in [-0.3, -0.25) is 4.79 Å². The van der Waals surface area contributed by atoms with Gasteiger partial charge in [-0.25, -0.2) is 0 Å². The van der Waals surface area contributed by atoms with E-state index in [1.54, 1.807) is 0 Å². The van der Waals surface area contributed by atoms with Gasteiger partial charge in [0.2, 0.25) is 0 Å². The third-order valence-electron chi connectivity index (χ3n) is 5.20. The Morgan fingerprint density at radius 3 is 2.59 bits per heavy atom. The summed E-state index contributed by atoms with van der Waals surface area (Å²) in [7, 11) is 0. The zero-order valence-electron chi connectivity index (χ0n) is 15.5. The molecule has 2 aromatic rings. The first kappa shape index (κ1) is 17.8. The predicted molar refractivity (Wildman–Crippen MR) is 106 cm³/mol. The molecule has 0 N–H and O–H groups in total. The number of nitrogens with zero attached hydrogens (tertiary/aromatic N) is 1. The Morgan fingerprint density at radius 2 is 1.93 bits per heavy atom. The highest BCUT2D eigenvalue weighted by molar-refractivity contribution is 5.95. The fourth-order valence-electron chi connectivity index (χ4n) is 3.61. The zero-order valence-corrected chi connectivity index (χ0v) is 15.5. The fourth-order valence-corrected chi connectivity index (χ4v) is 3.61. The summed E-state index contributed by atoms with van der Waals surface area (Å²) in [6, 6.07) is 17.8. The summed E-state index contributed by atoms with van der Waals surface area (Å²) >= 11 is 0. The van der Waals surface area contributed by atoms with Crippen LogP contribution < -0.4 is 4.74 Å². The number of carbonyl (C=O) groups is 1. The van der Waals surface area contributed by atoms with Crippen LogP contribution in [0.2, 0.25) is 0 Å². The SMILES string of the molecule is O=C(c1ccc(OC[C@H]2CCCO2)cc1)N1CC=C(c2ccccc2)CC1. The van der Waals surface area contributed by atoms with Crippen LogP contribution in [0.25, 0.3) is 5.57 Å². The summed E-state index contributed by atoms with van der Waals surface area (Å²) in [4.78, 5) is 14.7. The summed E-state index contributed by atoms with van der Waals surface area (Å²) in [5, 5.41) is 0. The zero-order chi connectivity index (χ0) is 18.5. The molecule has 0 bridgehead atoms. The highest BCUT2D eigenvalue weighted by Crippen LogP contribution is 2.23. The molecule has 1 amide bonds. The number of amides is 1. The quantitative estimate of drug-likeness (QED) is 0.800. The summed E-state index contributed by atoms with van der Waals surface area (Å²) < 4.78 is 11.3. The lowest BCUT2D eigenvalue weighted by molar-refractivity contribution is 0.0679. The molecular weight excluding hydrogens is 338 g/mol. The Kier molecular flexibility index (Phi) is 5.54. The van der Waals surface area contributed by atoms with Gasteiger partial charge in [-0.15, -0.1) is 0 Å². The Balaban J connectivity index is 1.33. The smallest absolute Gasteiger partial charge is 0.254 e. The van der Waals surface area contributed by atoms with Crippen LogP contribution in [0.5, 0.6) is 5.75 Å². The lowest BCUT2D eigenvalue weighted by atomic mass is 9.99. The maximum atomic E-state index is 12.8. The number of ether oxygens (including phenoxy) is 2. The van der Waals surface area contributed by atoms with E-state index in [0.29, 0.717) is 18.7 Å². The van der Waals surface area contributed by atoms with E-state index in [2.05, 4.69) is 30.3 Å². The van der Waals surface area contributed by atoms with E-state index >= 15 is 0 Å². The number of benzene rings is 2. The van der Waals surface area contributed by atoms with Crippen molar-refractivity contribution in [3.05, 3.63) is 71.8 Å². The first-order valence-electron chi connectivity index (χ1n) is 9.68. The predicted octanol–water partition coefficient (Wildman–Crippen LogP) is 4.17. The lowest BCUT2D eigenvalue weighted by Gasteiger charge is -2.27. The Morgan fingerprint density at radius 1 is 1.11 bits per heavy atom. The summed E-state index contributed by atoms with van der Waals surface area (Å²) in [5.74, 6) is 0.857. The van der Waals surface area contributed by atoms with Gasteiger partial charge in [0.25, 0.3) is 5.91 Å². The third-order valence-corrected chi connectivity index (χ3v) is 5.20. The molecule has 0 radical (unpaired) electrons. The van der Waals surface area contributed by atoms with Crippen molar-refractivity contribution in [1.82, 2.24) is 4.90 Å². The highest BCUT2D eigenvalue weighted by atomic mass is 16.5. The van der Waals surface area contributed by atoms with E-state index < -0.39 is 0 Å². The first-order valence-corrected chi connectivity index (χ1v) is 9.68. The molecule has 2 aliphatic rings. The maximum Gasteiger partial charge on any atom is 0.254 e. The molecule has 0 saturated carbocycles. The van der Waals surface area contributed by atoms with E-state index in [4.69, 9.17) is 9.47 Å². The van der Waals surface area contributed by atoms with Crippen LogP contribution in [0.4, 0.5) is 0 Å². The standard InChI is InChI=1S/C23H25NO3/c25-23(24-14-12-19(13-15-24)18-5-2-1-3-6-18)20-8-10-21(11-9-20)27-17-22-7-4-16-26-22/h1-3,5-6,8-12,22H,4,7,13-17H2/t22-/m1/s1. The van der Waals surface area contributed by atoms with Crippen molar-refractivity contribution < 1.29 is 14.3 Å². The van der Waals surface area contributed by atoms with Gasteiger partial charge in [0.15, 0.2) is 0 Å². The van der Waals surface area contributed by atoms with Crippen LogP contribution in [0, 0.1) is 0 Å². The van der Waals surface area contributed by atoms with Gasteiger partial charge in [-0.05, 0) is 54.7 Å². The van der Waals surface area contributed by atoms with Gasteiger partial charge in [0.05, 0.1) is 6.10 Å². The molecule has 0 spiro atoms. The van der Waals surface area contributed by atoms with Gasteiger partial charge in [-0.1, -0.05) is 36.4 Å². The van der Waals surface area contributed by atoms with E-state index in [0.717, 1.165) is 38.2 Å². The largest absolute Gasteiger partial charge is 0.491 e. The normalized spacial score (nSPS) is 19.6. The van der Waals surface area contributed by atoms with Crippen LogP contribution >= 0.6 is 0 Å². The molecule has 0 aromatic heterocycles. The summed E-state index contributed by atoms with van der Waals surface area (Å²) in [6.07, 6.45) is 5.42. The molecule has 2 aromatic carbocycles. The van der Waals surface area contributed by atoms with Gasteiger partial charge in [-0.2, -0.15) is 0 Å². The maximum absolute atomic E-state index is 12.8. The second-order valence-electron chi connectivity index (χ2n) is 7.07. The van der Waals surface area contributed by atoms with Crippen LogP contribution in [0.15, 0.2) is 60.7 Å². The lowest BCUT2D eigenvalue weighted by Crippen LogP contribution is -2.34. The van der Waals surface area contributed by atoms with Crippen LogP contribution in [-0.4, -0.2) is 43.2 Å². The molecular formula is C23H25NO3. The average Bonchev–Trinajstić information content (AvgIpc) is 3.27. The summed E-state index contributed by atoms with van der Waals surface area (Å²) in [5.41, 5.74) is 3.27. The van der Waals surface area contributed by atoms with Crippen LogP contribution in [-0.2, 0) is 4.74 Å². The second kappa shape index (κ2) is 8.40. The van der Waals surface area contributed by atoms with Crippen molar-refractivity contribution in [2.24, 2.45) is 0 Å². The topological polar surface area (TPSA) is 38.8 Å². The molecule has 4 heteroatoms. The molecule has 1 atom stereocenters. The molecule has 1 fully saturated rings. The number of rotatable bonds is 5. The number of hydrogen-bond acceptors (Lipinski definition) is 3. The van der Waals surface area contributed by atoms with E-state index in [1.807, 2.05) is 35.2 Å². The molecule has 140 valence electrons. The molecule has 1 saturated heterocycles. The molecule has 0 aliphatic carbocycles. The van der Waals surface area contributed by atoms with E-state index in [-0.39, 0.29) is 12.0 Å². The number of hydrogen-bond donors (Lipinski definition) is 0. The Labute approximate surface area is 160 Å². The molecule has 4 nitrogen and oxygen atoms in total. The van der Waals surface area contributed by atoms with Gasteiger partial charge in [0.1, 0.15) is 12.4 Å². The fraction of sp³-hybridized carbons (Fsp3) is 0.348. The van der Waals surface area contributed by atoms with Crippen molar-refractivity contribution in [1.29, 1.82) is 0 Å². The molecule has 4 rings (SSSR count). The van der Waals surface area contributed by atoms with Crippen molar-refractivity contribution >= 4 is 11.5 Å².